The van der Waals surface area contributed by atoms with Crippen LogP contribution in [0.2, 0.25) is 0 Å². The van der Waals surface area contributed by atoms with Gasteiger partial charge in [-0.1, -0.05) is 44.2 Å². The van der Waals surface area contributed by atoms with Crippen molar-refractivity contribution in [3.05, 3.63) is 65.9 Å². The van der Waals surface area contributed by atoms with Crippen molar-refractivity contribution in [2.75, 3.05) is 6.54 Å². The summed E-state index contributed by atoms with van der Waals surface area (Å²) in [4.78, 5) is 53.9. The predicted octanol–water partition coefficient (Wildman–Crippen LogP) is 1.20. The van der Waals surface area contributed by atoms with Crippen LogP contribution < -0.4 is 21.7 Å². The van der Waals surface area contributed by atoms with Crippen LogP contribution in [0.5, 0.6) is 5.75 Å². The predicted molar refractivity (Wildman–Crippen MR) is 146 cm³/mol. The quantitative estimate of drug-likeness (QED) is 0.171. The molecule has 1 heterocycles. The number of hydrogen-bond acceptors (Lipinski definition) is 6. The molecule has 0 fully saturated rings. The second kappa shape index (κ2) is 13.4. The van der Waals surface area contributed by atoms with E-state index in [-0.39, 0.29) is 37.5 Å². The smallest absolute Gasteiger partial charge is 0.326 e. The van der Waals surface area contributed by atoms with Gasteiger partial charge in [0.25, 0.3) is 0 Å². The van der Waals surface area contributed by atoms with Gasteiger partial charge < -0.3 is 36.9 Å². The molecule has 0 saturated heterocycles. The third-order valence-corrected chi connectivity index (χ3v) is 6.27. The summed E-state index contributed by atoms with van der Waals surface area (Å²) >= 11 is 0. The summed E-state index contributed by atoms with van der Waals surface area (Å²) in [5.41, 5.74) is 7.71. The van der Waals surface area contributed by atoms with Crippen molar-refractivity contribution in [1.82, 2.24) is 20.9 Å². The van der Waals surface area contributed by atoms with Gasteiger partial charge in [0.15, 0.2) is 0 Å². The number of nitrogens with one attached hydrogen (secondary N) is 4. The SMILES string of the molecule is CC(C)CC(NC(=O)C(Cc1c[nH]c2ccccc12)NC(=O)C(Cc1ccc(O)cc1)NC(=O)CN)C(=O)O. The van der Waals surface area contributed by atoms with Crippen molar-refractivity contribution in [2.24, 2.45) is 11.7 Å². The zero-order chi connectivity index (χ0) is 28.5. The number of aromatic amines is 1. The molecular weight excluding hydrogens is 502 g/mol. The van der Waals surface area contributed by atoms with Gasteiger partial charge in [0, 0.05) is 29.9 Å². The number of aromatic nitrogens is 1. The number of nitrogens with two attached hydrogens (primary N) is 1. The number of aromatic hydroxyl groups is 1. The fourth-order valence-electron chi connectivity index (χ4n) is 4.30. The van der Waals surface area contributed by atoms with Crippen LogP contribution in [-0.4, -0.2) is 63.6 Å². The fourth-order valence-corrected chi connectivity index (χ4v) is 4.30. The summed E-state index contributed by atoms with van der Waals surface area (Å²) in [6.45, 7) is 3.36. The number of carbonyl (C=O) groups is 4. The maximum Gasteiger partial charge on any atom is 0.326 e. The van der Waals surface area contributed by atoms with Crippen LogP contribution in [0, 0.1) is 5.92 Å². The third-order valence-electron chi connectivity index (χ3n) is 6.27. The molecule has 3 unspecified atom stereocenters. The molecule has 39 heavy (non-hydrogen) atoms. The van der Waals surface area contributed by atoms with Gasteiger partial charge in [-0.25, -0.2) is 4.79 Å². The number of carboxylic acids is 1. The molecule has 208 valence electrons. The summed E-state index contributed by atoms with van der Waals surface area (Å²) in [5, 5.41) is 27.9. The van der Waals surface area contributed by atoms with Gasteiger partial charge in [-0.05, 0) is 41.7 Å². The van der Waals surface area contributed by atoms with Crippen molar-refractivity contribution in [2.45, 2.75) is 51.2 Å². The maximum absolute atomic E-state index is 13.5. The van der Waals surface area contributed by atoms with E-state index in [1.54, 1.807) is 18.3 Å². The number of para-hydroxylation sites is 1. The van der Waals surface area contributed by atoms with Crippen molar-refractivity contribution < 1.29 is 29.4 Å². The lowest BCUT2D eigenvalue weighted by Gasteiger charge is -2.25. The lowest BCUT2D eigenvalue weighted by Crippen LogP contribution is -2.57. The standard InChI is InChI=1S/C28H35N5O6/c1-16(2)11-24(28(38)39)33-27(37)23(13-18-15-30-21-6-4-3-5-20(18)21)32-26(36)22(31-25(35)14-29)12-17-7-9-19(34)10-8-17/h3-10,15-16,22-24,30,34H,11-14,29H2,1-2H3,(H,31,35)(H,32,36)(H,33,37)(H,38,39). The van der Waals surface area contributed by atoms with Crippen molar-refractivity contribution >= 4 is 34.6 Å². The van der Waals surface area contributed by atoms with Crippen LogP contribution in [0.1, 0.15) is 31.4 Å². The molecule has 0 aliphatic heterocycles. The number of phenolic OH excluding ortho intramolecular Hbond substituents is 1. The van der Waals surface area contributed by atoms with E-state index >= 15 is 0 Å². The molecule has 2 aromatic carbocycles. The lowest BCUT2D eigenvalue weighted by atomic mass is 10.0. The summed E-state index contributed by atoms with van der Waals surface area (Å²) < 4.78 is 0. The van der Waals surface area contributed by atoms with Gasteiger partial charge in [-0.3, -0.25) is 14.4 Å². The van der Waals surface area contributed by atoms with E-state index in [2.05, 4.69) is 20.9 Å². The first kappa shape index (κ1) is 29.2. The summed E-state index contributed by atoms with van der Waals surface area (Å²) in [5.74, 6) is -2.97. The number of benzene rings is 2. The van der Waals surface area contributed by atoms with E-state index in [4.69, 9.17) is 5.73 Å². The Hall–Kier alpha value is -4.38. The number of phenols is 1. The minimum atomic E-state index is -1.17. The number of rotatable bonds is 13. The van der Waals surface area contributed by atoms with E-state index in [0.717, 1.165) is 16.5 Å². The highest BCUT2D eigenvalue weighted by molar-refractivity contribution is 5.94. The summed E-state index contributed by atoms with van der Waals surface area (Å²) in [7, 11) is 0. The van der Waals surface area contributed by atoms with E-state index in [1.807, 2.05) is 38.1 Å². The number of carbonyl (C=O) groups excluding carboxylic acids is 3. The molecule has 3 atom stereocenters. The fraction of sp³-hybridized carbons (Fsp3) is 0.357. The highest BCUT2D eigenvalue weighted by Crippen LogP contribution is 2.20. The maximum atomic E-state index is 13.5. The van der Waals surface area contributed by atoms with Gasteiger partial charge >= 0.3 is 5.97 Å². The third kappa shape index (κ3) is 8.30. The van der Waals surface area contributed by atoms with Gasteiger partial charge in [0.1, 0.15) is 23.9 Å². The van der Waals surface area contributed by atoms with Crippen LogP contribution in [0.3, 0.4) is 0 Å². The molecule has 3 rings (SSSR count). The zero-order valence-electron chi connectivity index (χ0n) is 21.9. The molecule has 0 bridgehead atoms. The van der Waals surface area contributed by atoms with Gasteiger partial charge in [-0.2, -0.15) is 0 Å². The molecule has 8 N–H and O–H groups in total. The number of carboxylic acid groups (broad SMARTS) is 1. The highest BCUT2D eigenvalue weighted by Gasteiger charge is 2.30. The minimum Gasteiger partial charge on any atom is -0.508 e. The zero-order valence-corrected chi connectivity index (χ0v) is 21.9. The molecular formula is C28H35N5O6. The summed E-state index contributed by atoms with van der Waals surface area (Å²) in [6.07, 6.45) is 2.10. The average molecular weight is 538 g/mol. The lowest BCUT2D eigenvalue weighted by molar-refractivity contribution is -0.142. The second-order valence-corrected chi connectivity index (χ2v) is 9.85. The Labute approximate surface area is 226 Å². The Kier molecular flexibility index (Phi) is 10.0. The van der Waals surface area contributed by atoms with E-state index in [9.17, 15) is 29.4 Å². The van der Waals surface area contributed by atoms with E-state index in [1.165, 1.54) is 12.1 Å². The Bertz CT molecular complexity index is 1300. The normalized spacial score (nSPS) is 13.4. The first-order valence-corrected chi connectivity index (χ1v) is 12.7. The molecule has 0 radical (unpaired) electrons. The van der Waals surface area contributed by atoms with Crippen LogP contribution in [-0.2, 0) is 32.0 Å². The van der Waals surface area contributed by atoms with E-state index < -0.39 is 41.8 Å². The molecule has 1 aromatic heterocycles. The Balaban J connectivity index is 1.88. The number of aliphatic carboxylic acids is 1. The Morgan fingerprint density at radius 3 is 2.10 bits per heavy atom. The Morgan fingerprint density at radius 1 is 0.872 bits per heavy atom. The van der Waals surface area contributed by atoms with E-state index in [0.29, 0.717) is 5.56 Å². The summed E-state index contributed by atoms with van der Waals surface area (Å²) in [6, 6.07) is 10.3. The first-order chi connectivity index (χ1) is 18.6. The molecule has 0 spiro atoms. The topological polar surface area (TPSA) is 187 Å². The van der Waals surface area contributed by atoms with Crippen molar-refractivity contribution in [1.29, 1.82) is 0 Å². The molecule has 3 amide bonds. The Morgan fingerprint density at radius 2 is 1.49 bits per heavy atom. The molecule has 0 aliphatic carbocycles. The average Bonchev–Trinajstić information content (AvgIpc) is 3.31. The molecule has 0 aliphatic rings. The van der Waals surface area contributed by atoms with Gasteiger partial charge in [0.2, 0.25) is 17.7 Å². The molecule has 0 saturated carbocycles. The monoisotopic (exact) mass is 537 g/mol. The minimum absolute atomic E-state index is 0.00854. The highest BCUT2D eigenvalue weighted by atomic mass is 16.4. The largest absolute Gasteiger partial charge is 0.508 e. The van der Waals surface area contributed by atoms with Crippen LogP contribution in [0.15, 0.2) is 54.7 Å². The van der Waals surface area contributed by atoms with Gasteiger partial charge in [-0.15, -0.1) is 0 Å². The van der Waals surface area contributed by atoms with Crippen LogP contribution in [0.25, 0.3) is 10.9 Å². The van der Waals surface area contributed by atoms with Crippen LogP contribution in [0.4, 0.5) is 0 Å². The van der Waals surface area contributed by atoms with Gasteiger partial charge in [0.05, 0.1) is 6.54 Å². The van der Waals surface area contributed by atoms with Crippen LogP contribution >= 0.6 is 0 Å². The first-order valence-electron chi connectivity index (χ1n) is 12.7. The van der Waals surface area contributed by atoms with Crippen molar-refractivity contribution in [3.8, 4) is 5.75 Å². The molecule has 3 aromatic rings. The molecule has 11 nitrogen and oxygen atoms in total. The number of amides is 3. The molecule has 11 heteroatoms. The van der Waals surface area contributed by atoms with Crippen molar-refractivity contribution in [3.63, 3.8) is 0 Å². The number of hydrogen-bond donors (Lipinski definition) is 7. The number of H-pyrrole nitrogens is 1. The number of fused-ring (bicyclic) bond motifs is 1. The second-order valence-electron chi connectivity index (χ2n) is 9.85.